The fraction of sp³-hybridized carbons (Fsp3) is 0.500. The first-order chi connectivity index (χ1) is 7.94. The lowest BCUT2D eigenvalue weighted by Crippen LogP contribution is -2.14. The molecule has 1 aromatic rings. The highest BCUT2D eigenvalue weighted by Crippen LogP contribution is 2.18. The lowest BCUT2D eigenvalue weighted by molar-refractivity contribution is 0.584. The molecule has 1 aromatic carbocycles. The molecule has 0 aliphatic rings. The molecule has 0 aliphatic heterocycles. The lowest BCUT2D eigenvalue weighted by atomic mass is 10.0. The van der Waals surface area contributed by atoms with Crippen LogP contribution in [0.25, 0.3) is 0 Å². The van der Waals surface area contributed by atoms with Gasteiger partial charge in [-0.3, -0.25) is 0 Å². The van der Waals surface area contributed by atoms with Crippen molar-refractivity contribution in [1.82, 2.24) is 0 Å². The van der Waals surface area contributed by atoms with Crippen LogP contribution in [0, 0.1) is 0 Å². The van der Waals surface area contributed by atoms with E-state index >= 15 is 0 Å². The van der Waals surface area contributed by atoms with E-state index in [0.717, 1.165) is 5.56 Å². The van der Waals surface area contributed by atoms with E-state index in [1.165, 1.54) is 0 Å². The van der Waals surface area contributed by atoms with Gasteiger partial charge in [0.15, 0.2) is 0 Å². The van der Waals surface area contributed by atoms with Crippen LogP contribution < -0.4 is 5.73 Å². The van der Waals surface area contributed by atoms with Crippen LogP contribution in [0.2, 0.25) is 5.02 Å². The second-order valence-electron chi connectivity index (χ2n) is 4.04. The number of benzene rings is 1. The minimum absolute atomic E-state index is 0.126. The van der Waals surface area contributed by atoms with E-state index in [1.807, 2.05) is 12.1 Å². The highest BCUT2D eigenvalue weighted by Gasteiger charge is 2.10. The third-order valence-corrected chi connectivity index (χ3v) is 4.75. The van der Waals surface area contributed by atoms with Gasteiger partial charge in [0, 0.05) is 16.8 Å². The van der Waals surface area contributed by atoms with Crippen molar-refractivity contribution in [2.75, 3.05) is 11.5 Å². The molecule has 1 unspecified atom stereocenters. The van der Waals surface area contributed by atoms with Crippen molar-refractivity contribution in [2.45, 2.75) is 25.8 Å². The first-order valence-electron chi connectivity index (χ1n) is 5.66. The molecule has 0 aromatic heterocycles. The Morgan fingerprint density at radius 2 is 1.88 bits per heavy atom. The fourth-order valence-electron chi connectivity index (χ4n) is 1.54. The molecule has 5 heteroatoms. The summed E-state index contributed by atoms with van der Waals surface area (Å²) in [7, 11) is -2.88. The molecule has 0 saturated heterocycles. The molecular weight excluding hydrogens is 258 g/mol. The van der Waals surface area contributed by atoms with Gasteiger partial charge in [0.05, 0.1) is 5.75 Å². The Morgan fingerprint density at radius 1 is 1.29 bits per heavy atom. The van der Waals surface area contributed by atoms with Crippen molar-refractivity contribution in [3.63, 3.8) is 0 Å². The van der Waals surface area contributed by atoms with Crippen LogP contribution in [0.1, 0.15) is 31.4 Å². The summed E-state index contributed by atoms with van der Waals surface area (Å²) in [6.07, 6.45) is 1.26. The minimum atomic E-state index is -2.88. The van der Waals surface area contributed by atoms with Crippen molar-refractivity contribution >= 4 is 21.4 Å². The van der Waals surface area contributed by atoms with Crippen molar-refractivity contribution in [2.24, 2.45) is 5.73 Å². The second-order valence-corrected chi connectivity index (χ2v) is 6.95. The second kappa shape index (κ2) is 6.38. The minimum Gasteiger partial charge on any atom is -0.324 e. The zero-order valence-corrected chi connectivity index (χ0v) is 11.5. The molecule has 1 rings (SSSR count). The number of hydrogen-bond acceptors (Lipinski definition) is 3. The van der Waals surface area contributed by atoms with Gasteiger partial charge in [0.2, 0.25) is 0 Å². The van der Waals surface area contributed by atoms with E-state index in [0.29, 0.717) is 17.9 Å². The van der Waals surface area contributed by atoms with Crippen LogP contribution in [-0.4, -0.2) is 19.9 Å². The van der Waals surface area contributed by atoms with Gasteiger partial charge in [0.25, 0.3) is 0 Å². The lowest BCUT2D eigenvalue weighted by Gasteiger charge is -2.11. The van der Waals surface area contributed by atoms with Gasteiger partial charge in [-0.2, -0.15) is 0 Å². The molecule has 3 nitrogen and oxygen atoms in total. The molecule has 0 saturated carbocycles. The first-order valence-corrected chi connectivity index (χ1v) is 7.86. The van der Waals surface area contributed by atoms with Gasteiger partial charge in [0.1, 0.15) is 9.84 Å². The van der Waals surface area contributed by atoms with E-state index in [1.54, 1.807) is 19.1 Å². The van der Waals surface area contributed by atoms with Gasteiger partial charge in [-0.15, -0.1) is 0 Å². The number of rotatable bonds is 6. The largest absolute Gasteiger partial charge is 0.324 e. The van der Waals surface area contributed by atoms with Crippen LogP contribution >= 0.6 is 11.6 Å². The van der Waals surface area contributed by atoms with Crippen molar-refractivity contribution in [3.8, 4) is 0 Å². The summed E-state index contributed by atoms with van der Waals surface area (Å²) in [6, 6.07) is 7.21. The summed E-state index contributed by atoms with van der Waals surface area (Å²) in [5, 5.41) is 0.675. The van der Waals surface area contributed by atoms with Crippen molar-refractivity contribution in [3.05, 3.63) is 34.9 Å². The number of hydrogen-bond donors (Lipinski definition) is 1. The standard InChI is InChI=1S/C12H18ClNO2S/c1-2-17(15,16)9-3-4-12(14)10-5-7-11(13)8-6-10/h5-8,12H,2-4,9,14H2,1H3. The highest BCUT2D eigenvalue weighted by molar-refractivity contribution is 7.91. The smallest absolute Gasteiger partial charge is 0.150 e. The summed E-state index contributed by atoms with van der Waals surface area (Å²) in [5.41, 5.74) is 6.97. The maximum atomic E-state index is 11.3. The Kier molecular flexibility index (Phi) is 5.43. The molecule has 2 N–H and O–H groups in total. The third kappa shape index (κ3) is 5.06. The van der Waals surface area contributed by atoms with Crippen LogP contribution in [0.5, 0.6) is 0 Å². The maximum absolute atomic E-state index is 11.3. The molecule has 0 bridgehead atoms. The Labute approximate surface area is 108 Å². The fourth-order valence-corrected chi connectivity index (χ4v) is 2.57. The molecule has 0 aliphatic carbocycles. The molecule has 0 heterocycles. The summed E-state index contributed by atoms with van der Waals surface area (Å²) in [6.45, 7) is 1.66. The molecule has 0 fully saturated rings. The first kappa shape index (κ1) is 14.5. The molecule has 96 valence electrons. The number of halogens is 1. The summed E-state index contributed by atoms with van der Waals surface area (Å²) in [4.78, 5) is 0. The predicted octanol–water partition coefficient (Wildman–Crippen LogP) is 2.55. The van der Waals surface area contributed by atoms with Gasteiger partial charge in [-0.25, -0.2) is 8.42 Å². The van der Waals surface area contributed by atoms with Crippen LogP contribution in [0.4, 0.5) is 0 Å². The zero-order valence-electron chi connectivity index (χ0n) is 9.90. The number of nitrogens with two attached hydrogens (primary N) is 1. The summed E-state index contributed by atoms with van der Waals surface area (Å²) in [5.74, 6) is 0.411. The van der Waals surface area contributed by atoms with Gasteiger partial charge >= 0.3 is 0 Å². The van der Waals surface area contributed by atoms with Crippen LogP contribution in [-0.2, 0) is 9.84 Å². The van der Waals surface area contributed by atoms with Gasteiger partial charge in [-0.05, 0) is 30.5 Å². The van der Waals surface area contributed by atoms with Gasteiger partial charge in [-0.1, -0.05) is 30.7 Å². The summed E-state index contributed by atoms with van der Waals surface area (Å²) < 4.78 is 22.6. The average molecular weight is 276 g/mol. The van der Waals surface area contributed by atoms with Crippen LogP contribution in [0.3, 0.4) is 0 Å². The van der Waals surface area contributed by atoms with Gasteiger partial charge < -0.3 is 5.73 Å². The SMILES string of the molecule is CCS(=O)(=O)CCCC(N)c1ccc(Cl)cc1. The normalized spacial score (nSPS) is 13.6. The third-order valence-electron chi connectivity index (χ3n) is 2.71. The highest BCUT2D eigenvalue weighted by atomic mass is 35.5. The Hall–Kier alpha value is -0.580. The molecule has 1 atom stereocenters. The van der Waals surface area contributed by atoms with Crippen molar-refractivity contribution in [1.29, 1.82) is 0 Å². The molecule has 0 spiro atoms. The molecule has 0 radical (unpaired) electrons. The maximum Gasteiger partial charge on any atom is 0.150 e. The molecule has 0 amide bonds. The Bertz CT molecular complexity index is 442. The monoisotopic (exact) mass is 275 g/mol. The van der Waals surface area contributed by atoms with Crippen molar-refractivity contribution < 1.29 is 8.42 Å². The zero-order chi connectivity index (χ0) is 12.9. The quantitative estimate of drug-likeness (QED) is 0.868. The topological polar surface area (TPSA) is 60.2 Å². The molecule has 17 heavy (non-hydrogen) atoms. The Morgan fingerprint density at radius 3 is 2.41 bits per heavy atom. The van der Waals surface area contributed by atoms with E-state index < -0.39 is 9.84 Å². The average Bonchev–Trinajstić information content (AvgIpc) is 2.29. The van der Waals surface area contributed by atoms with E-state index in [-0.39, 0.29) is 17.5 Å². The van der Waals surface area contributed by atoms with Crippen LogP contribution in [0.15, 0.2) is 24.3 Å². The van der Waals surface area contributed by atoms with E-state index in [9.17, 15) is 8.42 Å². The number of sulfone groups is 1. The Balaban J connectivity index is 2.45. The summed E-state index contributed by atoms with van der Waals surface area (Å²) >= 11 is 5.78. The predicted molar refractivity (Wildman–Crippen MR) is 71.9 cm³/mol. The van der Waals surface area contributed by atoms with E-state index in [4.69, 9.17) is 17.3 Å². The molecular formula is C12H18ClNO2S. The van der Waals surface area contributed by atoms with E-state index in [2.05, 4.69) is 0 Å².